The lowest BCUT2D eigenvalue weighted by Gasteiger charge is -2.31. The van der Waals surface area contributed by atoms with Crippen molar-refractivity contribution >= 4 is 15.9 Å². The van der Waals surface area contributed by atoms with Crippen LogP contribution in [0.1, 0.15) is 19.3 Å². The fourth-order valence-electron chi connectivity index (χ4n) is 2.15. The summed E-state index contributed by atoms with van der Waals surface area (Å²) in [6.07, 6.45) is 4.68. The number of hydrogen-bond acceptors (Lipinski definition) is 5. The molecular formula is C10H17N5O3S. The van der Waals surface area contributed by atoms with Crippen molar-refractivity contribution in [1.29, 1.82) is 0 Å². The normalized spacial score (nSPS) is 20.5. The van der Waals surface area contributed by atoms with Crippen molar-refractivity contribution in [2.45, 2.75) is 31.1 Å². The van der Waals surface area contributed by atoms with Gasteiger partial charge in [0.25, 0.3) is 0 Å². The molecule has 0 bridgehead atoms. The highest BCUT2D eigenvalue weighted by molar-refractivity contribution is 7.89. The molecule has 0 spiro atoms. The molecule has 1 saturated heterocycles. The minimum absolute atomic E-state index is 0.0798. The highest BCUT2D eigenvalue weighted by Crippen LogP contribution is 2.16. The van der Waals surface area contributed by atoms with E-state index in [0.29, 0.717) is 25.9 Å². The van der Waals surface area contributed by atoms with Crippen LogP contribution < -0.4 is 5.14 Å². The minimum Gasteiger partial charge on any atom is -0.341 e. The first-order valence-corrected chi connectivity index (χ1v) is 7.71. The zero-order valence-electron chi connectivity index (χ0n) is 10.5. The number of hydrogen-bond donors (Lipinski definition) is 1. The number of carbonyl (C=O) groups excluding carboxylic acids is 1. The van der Waals surface area contributed by atoms with Gasteiger partial charge in [-0.25, -0.2) is 13.6 Å². The van der Waals surface area contributed by atoms with Gasteiger partial charge in [0.15, 0.2) is 0 Å². The van der Waals surface area contributed by atoms with Crippen LogP contribution in [0.25, 0.3) is 0 Å². The first kappa shape index (κ1) is 13.9. The quantitative estimate of drug-likeness (QED) is 0.759. The molecule has 19 heavy (non-hydrogen) atoms. The van der Waals surface area contributed by atoms with Gasteiger partial charge in [0.1, 0.15) is 0 Å². The monoisotopic (exact) mass is 287 g/mol. The van der Waals surface area contributed by atoms with Crippen LogP contribution in [-0.2, 0) is 21.4 Å². The largest absolute Gasteiger partial charge is 0.341 e. The second kappa shape index (κ2) is 5.66. The average Bonchev–Trinajstić information content (AvgIpc) is 2.88. The molecule has 0 radical (unpaired) electrons. The molecule has 0 aliphatic carbocycles. The van der Waals surface area contributed by atoms with Gasteiger partial charge in [-0.3, -0.25) is 9.48 Å². The van der Waals surface area contributed by atoms with Gasteiger partial charge in [-0.05, 0) is 12.8 Å². The van der Waals surface area contributed by atoms with E-state index in [0.717, 1.165) is 0 Å². The molecule has 1 atom stereocenters. The summed E-state index contributed by atoms with van der Waals surface area (Å²) in [5.41, 5.74) is 0. The Morgan fingerprint density at radius 3 is 2.89 bits per heavy atom. The van der Waals surface area contributed by atoms with Crippen LogP contribution >= 0.6 is 0 Å². The lowest BCUT2D eigenvalue weighted by molar-refractivity contribution is -0.132. The Kier molecular flexibility index (Phi) is 4.15. The van der Waals surface area contributed by atoms with Gasteiger partial charge in [-0.2, -0.15) is 0 Å². The first-order valence-electron chi connectivity index (χ1n) is 6.10. The van der Waals surface area contributed by atoms with Gasteiger partial charge in [-0.1, -0.05) is 5.21 Å². The molecule has 9 heteroatoms. The zero-order chi connectivity index (χ0) is 13.9. The molecule has 106 valence electrons. The van der Waals surface area contributed by atoms with Crippen LogP contribution in [-0.4, -0.2) is 52.6 Å². The van der Waals surface area contributed by atoms with Gasteiger partial charge in [0, 0.05) is 25.7 Å². The van der Waals surface area contributed by atoms with Crippen LogP contribution in [0.15, 0.2) is 12.4 Å². The Labute approximate surface area is 111 Å². The molecule has 2 rings (SSSR count). The number of aryl methyl sites for hydroxylation is 1. The van der Waals surface area contributed by atoms with Crippen LogP contribution in [0.4, 0.5) is 0 Å². The van der Waals surface area contributed by atoms with E-state index in [1.165, 1.54) is 0 Å². The lowest BCUT2D eigenvalue weighted by Crippen LogP contribution is -2.47. The molecule has 1 aliphatic heterocycles. The number of nitrogens with two attached hydrogens (primary N) is 1. The number of nitrogens with zero attached hydrogens (tertiary/aromatic N) is 4. The predicted molar refractivity (Wildman–Crippen MR) is 67.3 cm³/mol. The Bertz CT molecular complexity index is 527. The van der Waals surface area contributed by atoms with Crippen molar-refractivity contribution in [3.05, 3.63) is 12.4 Å². The second-order valence-electron chi connectivity index (χ2n) is 4.61. The number of sulfonamides is 1. The Hall–Kier alpha value is -1.48. The van der Waals surface area contributed by atoms with Crippen LogP contribution in [0.5, 0.6) is 0 Å². The van der Waals surface area contributed by atoms with Crippen molar-refractivity contribution in [1.82, 2.24) is 19.9 Å². The molecule has 1 unspecified atom stereocenters. The molecule has 1 amide bonds. The summed E-state index contributed by atoms with van der Waals surface area (Å²) in [6, 6.07) is 0. The van der Waals surface area contributed by atoms with Crippen LogP contribution in [0, 0.1) is 0 Å². The van der Waals surface area contributed by atoms with Crippen molar-refractivity contribution in [3.63, 3.8) is 0 Å². The molecule has 1 aliphatic rings. The standard InChI is InChI=1S/C10H17N5O3S/c11-19(17,18)9-2-1-5-14(8-9)10(16)3-6-15-7-4-12-13-15/h4,7,9H,1-3,5-6,8H2,(H2,11,17,18). The Balaban J connectivity index is 1.88. The summed E-state index contributed by atoms with van der Waals surface area (Å²) in [5, 5.41) is 11.9. The number of likely N-dealkylation sites (tertiary alicyclic amines) is 1. The van der Waals surface area contributed by atoms with Gasteiger partial charge in [0.2, 0.25) is 15.9 Å². The summed E-state index contributed by atoms with van der Waals surface area (Å²) >= 11 is 0. The Morgan fingerprint density at radius 1 is 1.47 bits per heavy atom. The molecule has 1 aromatic heterocycles. The van der Waals surface area contributed by atoms with Crippen molar-refractivity contribution in [2.24, 2.45) is 5.14 Å². The van der Waals surface area contributed by atoms with Crippen LogP contribution in [0.2, 0.25) is 0 Å². The first-order chi connectivity index (χ1) is 8.97. The number of piperidine rings is 1. The highest BCUT2D eigenvalue weighted by Gasteiger charge is 2.30. The number of amides is 1. The number of carbonyl (C=O) groups is 1. The van der Waals surface area contributed by atoms with E-state index in [9.17, 15) is 13.2 Å². The van der Waals surface area contributed by atoms with E-state index in [4.69, 9.17) is 5.14 Å². The molecule has 2 N–H and O–H groups in total. The SMILES string of the molecule is NS(=O)(=O)C1CCCN(C(=O)CCn2ccnn2)C1. The molecule has 1 fully saturated rings. The average molecular weight is 287 g/mol. The summed E-state index contributed by atoms with van der Waals surface area (Å²) in [7, 11) is -3.57. The van der Waals surface area contributed by atoms with E-state index in [1.54, 1.807) is 22.0 Å². The third-order valence-corrected chi connectivity index (χ3v) is 4.54. The topological polar surface area (TPSA) is 111 Å². The zero-order valence-corrected chi connectivity index (χ0v) is 11.3. The minimum atomic E-state index is -3.57. The number of rotatable bonds is 4. The van der Waals surface area contributed by atoms with Crippen molar-refractivity contribution in [3.8, 4) is 0 Å². The molecule has 8 nitrogen and oxygen atoms in total. The lowest BCUT2D eigenvalue weighted by atomic mass is 10.1. The summed E-state index contributed by atoms with van der Waals surface area (Å²) in [5.74, 6) is -0.0798. The molecule has 0 saturated carbocycles. The fourth-order valence-corrected chi connectivity index (χ4v) is 3.04. The van der Waals surface area contributed by atoms with E-state index in [1.807, 2.05) is 0 Å². The third-order valence-electron chi connectivity index (χ3n) is 3.22. The fraction of sp³-hybridized carbons (Fsp3) is 0.700. The van der Waals surface area contributed by atoms with Crippen molar-refractivity contribution in [2.75, 3.05) is 13.1 Å². The highest BCUT2D eigenvalue weighted by atomic mass is 32.2. The molecule has 0 aromatic carbocycles. The maximum absolute atomic E-state index is 12.0. The van der Waals surface area contributed by atoms with Crippen molar-refractivity contribution < 1.29 is 13.2 Å². The maximum atomic E-state index is 12.0. The van der Waals surface area contributed by atoms with Gasteiger partial charge < -0.3 is 4.90 Å². The summed E-state index contributed by atoms with van der Waals surface area (Å²) in [6.45, 7) is 1.21. The molecular weight excluding hydrogens is 270 g/mol. The van der Waals surface area contributed by atoms with E-state index in [-0.39, 0.29) is 18.9 Å². The molecule has 1 aromatic rings. The van der Waals surface area contributed by atoms with Gasteiger partial charge in [-0.15, -0.1) is 5.10 Å². The third kappa shape index (κ3) is 3.74. The van der Waals surface area contributed by atoms with Gasteiger partial charge in [0.05, 0.1) is 18.0 Å². The van der Waals surface area contributed by atoms with E-state index >= 15 is 0 Å². The smallest absolute Gasteiger partial charge is 0.224 e. The summed E-state index contributed by atoms with van der Waals surface area (Å²) in [4.78, 5) is 13.6. The second-order valence-corrected chi connectivity index (χ2v) is 6.45. The van der Waals surface area contributed by atoms with Gasteiger partial charge >= 0.3 is 0 Å². The summed E-state index contributed by atoms with van der Waals surface area (Å²) < 4.78 is 24.2. The van der Waals surface area contributed by atoms with E-state index < -0.39 is 15.3 Å². The Morgan fingerprint density at radius 2 is 2.26 bits per heavy atom. The molecule has 2 heterocycles. The number of aromatic nitrogens is 3. The van der Waals surface area contributed by atoms with Crippen LogP contribution in [0.3, 0.4) is 0 Å². The number of primary sulfonamides is 1. The predicted octanol–water partition coefficient (Wildman–Crippen LogP) is -1.05. The van der Waals surface area contributed by atoms with E-state index in [2.05, 4.69) is 10.3 Å². The maximum Gasteiger partial charge on any atom is 0.224 e.